The summed E-state index contributed by atoms with van der Waals surface area (Å²) in [7, 11) is 1.74. The van der Waals surface area contributed by atoms with E-state index in [9.17, 15) is 4.79 Å². The van der Waals surface area contributed by atoms with Crippen molar-refractivity contribution in [1.29, 1.82) is 0 Å². The average Bonchev–Trinajstić information content (AvgIpc) is 2.88. The summed E-state index contributed by atoms with van der Waals surface area (Å²) in [5.41, 5.74) is 1.64. The number of nitrogens with zero attached hydrogens (tertiary/aromatic N) is 3. The van der Waals surface area contributed by atoms with E-state index in [1.165, 1.54) is 6.42 Å². The first-order valence-corrected chi connectivity index (χ1v) is 7.98. The lowest BCUT2D eigenvalue weighted by Crippen LogP contribution is -2.40. The summed E-state index contributed by atoms with van der Waals surface area (Å²) in [6.45, 7) is 7.37. The van der Waals surface area contributed by atoms with Gasteiger partial charge in [-0.15, -0.1) is 0 Å². The van der Waals surface area contributed by atoms with Crippen LogP contribution >= 0.6 is 0 Å². The second-order valence-electron chi connectivity index (χ2n) is 5.88. The number of methoxy groups -OCH3 is 1. The number of rotatable bonds is 6. The molecule has 0 radical (unpaired) electrons. The van der Waals surface area contributed by atoms with E-state index in [-0.39, 0.29) is 5.91 Å². The molecule has 0 saturated carbocycles. The highest BCUT2D eigenvalue weighted by molar-refractivity contribution is 5.92. The van der Waals surface area contributed by atoms with Gasteiger partial charge in [0.25, 0.3) is 5.91 Å². The topological polar surface area (TPSA) is 47.4 Å². The van der Waals surface area contributed by atoms with E-state index < -0.39 is 0 Å². The largest absolute Gasteiger partial charge is 0.385 e. The van der Waals surface area contributed by atoms with Crippen molar-refractivity contribution in [2.24, 2.45) is 5.92 Å². The van der Waals surface area contributed by atoms with E-state index in [1.807, 2.05) is 29.5 Å². The van der Waals surface area contributed by atoms with Crippen LogP contribution in [0.1, 0.15) is 48.8 Å². The van der Waals surface area contributed by atoms with Crippen LogP contribution in [-0.2, 0) is 11.3 Å². The van der Waals surface area contributed by atoms with Crippen molar-refractivity contribution in [2.45, 2.75) is 46.1 Å². The van der Waals surface area contributed by atoms with Crippen molar-refractivity contribution in [3.05, 3.63) is 17.5 Å². The number of likely N-dealkylation sites (tertiary alicyclic amines) is 1. The zero-order chi connectivity index (χ0) is 15.2. The lowest BCUT2D eigenvalue weighted by atomic mass is 9.93. The van der Waals surface area contributed by atoms with Crippen LogP contribution in [0, 0.1) is 12.8 Å². The average molecular weight is 293 g/mol. The second kappa shape index (κ2) is 7.59. The molecule has 0 spiro atoms. The Bertz CT molecular complexity index is 470. The van der Waals surface area contributed by atoms with Crippen LogP contribution in [0.15, 0.2) is 6.07 Å². The third-order valence-electron chi connectivity index (χ3n) is 4.27. The fourth-order valence-electron chi connectivity index (χ4n) is 3.10. The molecular formula is C16H27N3O2. The van der Waals surface area contributed by atoms with Gasteiger partial charge >= 0.3 is 0 Å². The SMILES string of the molecule is CCn1nc(C(=O)N2CCCC(CCCOC)C2)cc1C. The first-order valence-electron chi connectivity index (χ1n) is 7.98. The van der Waals surface area contributed by atoms with Gasteiger partial charge in [-0.2, -0.15) is 5.10 Å². The Balaban J connectivity index is 1.94. The summed E-state index contributed by atoms with van der Waals surface area (Å²) >= 11 is 0. The molecule has 1 atom stereocenters. The third-order valence-corrected chi connectivity index (χ3v) is 4.27. The number of piperidine rings is 1. The van der Waals surface area contributed by atoms with E-state index in [4.69, 9.17) is 4.74 Å². The van der Waals surface area contributed by atoms with Crippen molar-refractivity contribution < 1.29 is 9.53 Å². The number of hydrogen-bond acceptors (Lipinski definition) is 3. The minimum atomic E-state index is 0.0849. The zero-order valence-electron chi connectivity index (χ0n) is 13.5. The van der Waals surface area contributed by atoms with Crippen LogP contribution in [0.4, 0.5) is 0 Å². The van der Waals surface area contributed by atoms with E-state index in [1.54, 1.807) is 7.11 Å². The highest BCUT2D eigenvalue weighted by atomic mass is 16.5. The maximum atomic E-state index is 12.6. The molecule has 2 heterocycles. The van der Waals surface area contributed by atoms with Crippen LogP contribution in [0.25, 0.3) is 0 Å². The van der Waals surface area contributed by atoms with Gasteiger partial charge in [0.05, 0.1) is 0 Å². The molecule has 1 saturated heterocycles. The molecule has 1 amide bonds. The van der Waals surface area contributed by atoms with Crippen molar-refractivity contribution in [1.82, 2.24) is 14.7 Å². The molecule has 118 valence electrons. The fourth-order valence-corrected chi connectivity index (χ4v) is 3.10. The molecular weight excluding hydrogens is 266 g/mol. The number of carbonyl (C=O) groups is 1. The Morgan fingerprint density at radius 2 is 2.33 bits per heavy atom. The van der Waals surface area contributed by atoms with E-state index in [0.29, 0.717) is 11.6 Å². The molecule has 0 N–H and O–H groups in total. The maximum Gasteiger partial charge on any atom is 0.274 e. The molecule has 0 bridgehead atoms. The predicted molar refractivity (Wildman–Crippen MR) is 82.4 cm³/mol. The number of aryl methyl sites for hydroxylation is 2. The van der Waals surface area contributed by atoms with Crippen molar-refractivity contribution >= 4 is 5.91 Å². The van der Waals surface area contributed by atoms with Crippen LogP contribution in [0.3, 0.4) is 0 Å². The Morgan fingerprint density at radius 1 is 1.52 bits per heavy atom. The van der Waals surface area contributed by atoms with E-state index in [2.05, 4.69) is 5.10 Å². The Hall–Kier alpha value is -1.36. The van der Waals surface area contributed by atoms with Gasteiger partial charge < -0.3 is 9.64 Å². The lowest BCUT2D eigenvalue weighted by Gasteiger charge is -2.32. The van der Waals surface area contributed by atoms with Crippen molar-refractivity contribution in [2.75, 3.05) is 26.8 Å². The monoisotopic (exact) mass is 293 g/mol. The number of aromatic nitrogens is 2. The van der Waals surface area contributed by atoms with Gasteiger partial charge in [-0.05, 0) is 51.5 Å². The van der Waals surface area contributed by atoms with Crippen LogP contribution in [0.2, 0.25) is 0 Å². The second-order valence-corrected chi connectivity index (χ2v) is 5.88. The van der Waals surface area contributed by atoms with E-state index >= 15 is 0 Å². The van der Waals surface area contributed by atoms with Gasteiger partial charge in [0, 0.05) is 39.0 Å². The van der Waals surface area contributed by atoms with Gasteiger partial charge in [0.1, 0.15) is 0 Å². The minimum absolute atomic E-state index is 0.0849. The smallest absolute Gasteiger partial charge is 0.274 e. The number of amides is 1. The van der Waals surface area contributed by atoms with E-state index in [0.717, 1.165) is 51.2 Å². The summed E-state index contributed by atoms with van der Waals surface area (Å²) in [6, 6.07) is 1.90. The summed E-state index contributed by atoms with van der Waals surface area (Å²) in [6.07, 6.45) is 4.53. The van der Waals surface area contributed by atoms with Gasteiger partial charge in [-0.3, -0.25) is 9.48 Å². The standard InChI is InChI=1S/C16H27N3O2/c1-4-19-13(2)11-15(17-19)16(20)18-9-5-7-14(12-18)8-6-10-21-3/h11,14H,4-10,12H2,1-3H3. The summed E-state index contributed by atoms with van der Waals surface area (Å²) < 4.78 is 6.99. The normalized spacial score (nSPS) is 19.0. The maximum absolute atomic E-state index is 12.6. The molecule has 5 nitrogen and oxygen atoms in total. The molecule has 1 aromatic heterocycles. The first kappa shape index (κ1) is 16.0. The minimum Gasteiger partial charge on any atom is -0.385 e. The molecule has 0 aromatic carbocycles. The van der Waals surface area contributed by atoms with Crippen LogP contribution < -0.4 is 0 Å². The van der Waals surface area contributed by atoms with Crippen molar-refractivity contribution in [3.63, 3.8) is 0 Å². The Kier molecular flexibility index (Phi) is 5.79. The molecule has 1 aromatic rings. The molecule has 1 aliphatic rings. The highest BCUT2D eigenvalue weighted by Gasteiger charge is 2.25. The molecule has 0 aliphatic carbocycles. The summed E-state index contributed by atoms with van der Waals surface area (Å²) in [5.74, 6) is 0.689. The fraction of sp³-hybridized carbons (Fsp3) is 0.750. The molecule has 1 fully saturated rings. The number of hydrogen-bond donors (Lipinski definition) is 0. The highest BCUT2D eigenvalue weighted by Crippen LogP contribution is 2.22. The van der Waals surface area contributed by atoms with Crippen molar-refractivity contribution in [3.8, 4) is 0 Å². The number of carbonyl (C=O) groups excluding carboxylic acids is 1. The molecule has 2 rings (SSSR count). The summed E-state index contributed by atoms with van der Waals surface area (Å²) in [4.78, 5) is 14.6. The molecule has 21 heavy (non-hydrogen) atoms. The zero-order valence-corrected chi connectivity index (χ0v) is 13.5. The quantitative estimate of drug-likeness (QED) is 0.757. The molecule has 1 aliphatic heterocycles. The van der Waals surface area contributed by atoms with Gasteiger partial charge in [-0.25, -0.2) is 0 Å². The van der Waals surface area contributed by atoms with Gasteiger partial charge in [-0.1, -0.05) is 0 Å². The molecule has 1 unspecified atom stereocenters. The van der Waals surface area contributed by atoms with Gasteiger partial charge in [0.2, 0.25) is 0 Å². The number of ether oxygens (including phenoxy) is 1. The summed E-state index contributed by atoms with van der Waals surface area (Å²) in [5, 5.41) is 4.41. The Labute approximate surface area is 127 Å². The molecule has 5 heteroatoms. The van der Waals surface area contributed by atoms with Crippen LogP contribution in [0.5, 0.6) is 0 Å². The first-order chi connectivity index (χ1) is 10.2. The third kappa shape index (κ3) is 4.06. The lowest BCUT2D eigenvalue weighted by molar-refractivity contribution is 0.0653. The van der Waals surface area contributed by atoms with Crippen LogP contribution in [-0.4, -0.2) is 47.4 Å². The van der Waals surface area contributed by atoms with Gasteiger partial charge in [0.15, 0.2) is 5.69 Å². The Morgan fingerprint density at radius 3 is 3.00 bits per heavy atom. The predicted octanol–water partition coefficient (Wildman–Crippen LogP) is 2.49.